The number of para-hydroxylation sites is 1. The van der Waals surface area contributed by atoms with Gasteiger partial charge in [-0.25, -0.2) is 4.79 Å². The Morgan fingerprint density at radius 3 is 2.75 bits per heavy atom. The van der Waals surface area contributed by atoms with Crippen LogP contribution >= 0.6 is 0 Å². The van der Waals surface area contributed by atoms with Gasteiger partial charge in [0, 0.05) is 18.3 Å². The van der Waals surface area contributed by atoms with Crippen molar-refractivity contribution < 1.29 is 18.7 Å². The van der Waals surface area contributed by atoms with E-state index < -0.39 is 12.1 Å². The van der Waals surface area contributed by atoms with E-state index in [1.807, 2.05) is 31.2 Å². The van der Waals surface area contributed by atoms with E-state index in [4.69, 9.17) is 9.15 Å². The molecular weight excluding hydrogens is 358 g/mol. The minimum Gasteiger partial charge on any atom is -0.449 e. The van der Waals surface area contributed by atoms with E-state index in [0.717, 1.165) is 29.3 Å². The van der Waals surface area contributed by atoms with E-state index in [9.17, 15) is 14.4 Å². The van der Waals surface area contributed by atoms with E-state index in [0.29, 0.717) is 17.5 Å². The Bertz CT molecular complexity index is 1150. The monoisotopic (exact) mass is 377 g/mol. The molecule has 1 amide bonds. The Balaban J connectivity index is 1.54. The average Bonchev–Trinajstić information content (AvgIpc) is 3.11. The summed E-state index contributed by atoms with van der Waals surface area (Å²) in [5.41, 5.74) is 2.82. The Labute approximate surface area is 161 Å². The number of hydrogen-bond donors (Lipinski definition) is 0. The highest BCUT2D eigenvalue weighted by molar-refractivity contribution is 6.00. The molecule has 2 heterocycles. The predicted molar refractivity (Wildman–Crippen MR) is 105 cm³/mol. The van der Waals surface area contributed by atoms with Crippen LogP contribution in [0.4, 0.5) is 5.69 Å². The number of anilines is 1. The fraction of sp³-hybridized carbons (Fsp3) is 0.227. The molecule has 2 aromatic carbocycles. The summed E-state index contributed by atoms with van der Waals surface area (Å²) in [4.78, 5) is 39.1. The van der Waals surface area contributed by atoms with Crippen LogP contribution < -0.4 is 10.3 Å². The molecule has 3 aromatic rings. The third-order valence-electron chi connectivity index (χ3n) is 4.87. The molecule has 0 radical (unpaired) electrons. The van der Waals surface area contributed by atoms with Crippen molar-refractivity contribution in [1.82, 2.24) is 0 Å². The maximum Gasteiger partial charge on any atom is 0.375 e. The van der Waals surface area contributed by atoms with Crippen LogP contribution in [0.2, 0.25) is 0 Å². The smallest absolute Gasteiger partial charge is 0.375 e. The fourth-order valence-electron chi connectivity index (χ4n) is 3.43. The minimum atomic E-state index is -1.00. The zero-order valence-electron chi connectivity index (χ0n) is 15.6. The highest BCUT2D eigenvalue weighted by Crippen LogP contribution is 2.28. The van der Waals surface area contributed by atoms with Gasteiger partial charge >= 0.3 is 5.97 Å². The molecule has 0 spiro atoms. The number of carbonyl (C=O) groups excluding carboxylic acids is 2. The Kier molecular flexibility index (Phi) is 4.47. The van der Waals surface area contributed by atoms with Gasteiger partial charge in [0.2, 0.25) is 5.76 Å². The molecule has 6 heteroatoms. The van der Waals surface area contributed by atoms with Gasteiger partial charge in [0.1, 0.15) is 5.58 Å². The molecular formula is C22H19NO5. The number of hydrogen-bond acceptors (Lipinski definition) is 5. The molecule has 142 valence electrons. The van der Waals surface area contributed by atoms with Gasteiger partial charge in [-0.15, -0.1) is 0 Å². The summed E-state index contributed by atoms with van der Waals surface area (Å²) in [6.07, 6.45) is -0.237. The van der Waals surface area contributed by atoms with Crippen molar-refractivity contribution >= 4 is 28.5 Å². The summed E-state index contributed by atoms with van der Waals surface area (Å²) < 4.78 is 10.8. The number of rotatable bonds is 3. The van der Waals surface area contributed by atoms with Gasteiger partial charge in [-0.05, 0) is 44.0 Å². The summed E-state index contributed by atoms with van der Waals surface area (Å²) in [5.74, 6) is -1.37. The lowest BCUT2D eigenvalue weighted by molar-refractivity contribution is -0.126. The molecule has 1 aliphatic heterocycles. The topological polar surface area (TPSA) is 76.8 Å². The molecule has 1 atom stereocenters. The van der Waals surface area contributed by atoms with Crippen molar-refractivity contribution in [2.24, 2.45) is 0 Å². The van der Waals surface area contributed by atoms with Gasteiger partial charge in [0.15, 0.2) is 11.5 Å². The molecule has 6 nitrogen and oxygen atoms in total. The number of esters is 1. The van der Waals surface area contributed by atoms with Crippen LogP contribution in [0.3, 0.4) is 0 Å². The van der Waals surface area contributed by atoms with E-state index in [2.05, 4.69) is 0 Å². The van der Waals surface area contributed by atoms with Crippen LogP contribution in [0.25, 0.3) is 11.0 Å². The third-order valence-corrected chi connectivity index (χ3v) is 4.87. The lowest BCUT2D eigenvalue weighted by atomic mass is 10.1. The number of carbonyl (C=O) groups is 2. The second-order valence-corrected chi connectivity index (χ2v) is 6.89. The maximum absolute atomic E-state index is 12.7. The Hall–Kier alpha value is -3.41. The molecule has 0 saturated carbocycles. The summed E-state index contributed by atoms with van der Waals surface area (Å²) in [6.45, 7) is 3.93. The molecule has 0 fully saturated rings. The molecule has 1 aromatic heterocycles. The summed E-state index contributed by atoms with van der Waals surface area (Å²) in [7, 11) is 0. The first kappa shape index (κ1) is 18.0. The average molecular weight is 377 g/mol. The Morgan fingerprint density at radius 2 is 1.93 bits per heavy atom. The second kappa shape index (κ2) is 6.96. The quantitative estimate of drug-likeness (QED) is 0.655. The largest absolute Gasteiger partial charge is 0.449 e. The van der Waals surface area contributed by atoms with Crippen molar-refractivity contribution in [3.63, 3.8) is 0 Å². The standard InChI is InChI=1S/C22H19NO5/c1-13-7-8-19-16(11-13)18(24)12-20(28-19)22(26)27-14(2)21(25)23-10-9-15-5-3-4-6-17(15)23/h3-8,11-12,14H,9-10H2,1-2H3/t14-/m0/s1. The molecule has 0 N–H and O–H groups in total. The van der Waals surface area contributed by atoms with Crippen LogP contribution in [-0.4, -0.2) is 24.5 Å². The Morgan fingerprint density at radius 1 is 1.14 bits per heavy atom. The zero-order valence-corrected chi connectivity index (χ0v) is 15.6. The predicted octanol–water partition coefficient (Wildman–Crippen LogP) is 3.24. The molecule has 0 saturated heterocycles. The van der Waals surface area contributed by atoms with Gasteiger partial charge in [0.05, 0.1) is 5.39 Å². The first-order valence-corrected chi connectivity index (χ1v) is 9.09. The fourth-order valence-corrected chi connectivity index (χ4v) is 3.43. The normalized spacial score (nSPS) is 14.0. The first-order chi connectivity index (χ1) is 13.4. The van der Waals surface area contributed by atoms with Crippen LogP contribution in [0.5, 0.6) is 0 Å². The van der Waals surface area contributed by atoms with Crippen LogP contribution in [-0.2, 0) is 16.0 Å². The highest BCUT2D eigenvalue weighted by Gasteiger charge is 2.30. The lowest BCUT2D eigenvalue weighted by Crippen LogP contribution is -2.39. The number of ether oxygens (including phenoxy) is 1. The number of amides is 1. The number of nitrogens with zero attached hydrogens (tertiary/aromatic N) is 1. The van der Waals surface area contributed by atoms with Crippen molar-refractivity contribution in [2.45, 2.75) is 26.4 Å². The van der Waals surface area contributed by atoms with E-state index in [1.165, 1.54) is 6.92 Å². The molecule has 0 unspecified atom stereocenters. The SMILES string of the molecule is Cc1ccc2oc(C(=O)O[C@@H](C)C(=O)N3CCc4ccccc43)cc(=O)c2c1. The summed E-state index contributed by atoms with van der Waals surface area (Å²) >= 11 is 0. The number of fused-ring (bicyclic) bond motifs is 2. The summed E-state index contributed by atoms with van der Waals surface area (Å²) in [5, 5.41) is 0.398. The van der Waals surface area contributed by atoms with Crippen LogP contribution in [0.15, 0.2) is 57.7 Å². The van der Waals surface area contributed by atoms with Crippen LogP contribution in [0.1, 0.15) is 28.6 Å². The van der Waals surface area contributed by atoms with Crippen LogP contribution in [0, 0.1) is 6.92 Å². The molecule has 28 heavy (non-hydrogen) atoms. The lowest BCUT2D eigenvalue weighted by Gasteiger charge is -2.21. The molecule has 1 aliphatic rings. The van der Waals surface area contributed by atoms with Gasteiger partial charge < -0.3 is 14.1 Å². The van der Waals surface area contributed by atoms with Crippen molar-refractivity contribution in [2.75, 3.05) is 11.4 Å². The van der Waals surface area contributed by atoms with Crippen molar-refractivity contribution in [3.05, 3.63) is 75.6 Å². The van der Waals surface area contributed by atoms with E-state index in [1.54, 1.807) is 23.1 Å². The molecule has 0 bridgehead atoms. The number of benzene rings is 2. The molecule has 4 rings (SSSR count). The van der Waals surface area contributed by atoms with Gasteiger partial charge in [-0.2, -0.15) is 0 Å². The van der Waals surface area contributed by atoms with Gasteiger partial charge in [0.25, 0.3) is 5.91 Å². The summed E-state index contributed by atoms with van der Waals surface area (Å²) in [6, 6.07) is 13.9. The highest BCUT2D eigenvalue weighted by atomic mass is 16.6. The maximum atomic E-state index is 12.7. The minimum absolute atomic E-state index is 0.220. The second-order valence-electron chi connectivity index (χ2n) is 6.89. The van der Waals surface area contributed by atoms with Gasteiger partial charge in [-0.1, -0.05) is 29.8 Å². The van der Waals surface area contributed by atoms with Crippen molar-refractivity contribution in [1.29, 1.82) is 0 Å². The van der Waals surface area contributed by atoms with Crippen molar-refractivity contribution in [3.8, 4) is 0 Å². The van der Waals surface area contributed by atoms with E-state index in [-0.39, 0.29) is 17.1 Å². The molecule has 0 aliphatic carbocycles. The zero-order chi connectivity index (χ0) is 19.8. The van der Waals surface area contributed by atoms with E-state index >= 15 is 0 Å². The number of aryl methyl sites for hydroxylation is 1. The first-order valence-electron chi connectivity index (χ1n) is 9.09. The third kappa shape index (κ3) is 3.17. The van der Waals surface area contributed by atoms with Gasteiger partial charge in [-0.3, -0.25) is 9.59 Å².